The number of nitrogens with one attached hydrogen (secondary N) is 1. The Hall–Kier alpha value is -0.559. The van der Waals surface area contributed by atoms with Gasteiger partial charge in [0.25, 0.3) is 0 Å². The quantitative estimate of drug-likeness (QED) is 0.0583. The van der Waals surface area contributed by atoms with Crippen LogP contribution < -0.4 is 5.32 Å². The van der Waals surface area contributed by atoms with E-state index >= 15 is 0 Å². The van der Waals surface area contributed by atoms with Crippen molar-refractivity contribution in [1.29, 1.82) is 0 Å². The first kappa shape index (κ1) is 46.5. The highest BCUT2D eigenvalue weighted by Crippen LogP contribution is 2.48. The molecular formula is C40H81NO5Si3. The topological polar surface area (TPSA) is 66.0 Å². The lowest BCUT2D eigenvalue weighted by Crippen LogP contribution is -2.45. The molecule has 0 bridgehead atoms. The minimum Gasteiger partial charge on any atom is -0.414 e. The van der Waals surface area contributed by atoms with Crippen LogP contribution in [0.1, 0.15) is 127 Å². The molecule has 0 saturated heterocycles. The van der Waals surface area contributed by atoms with E-state index in [4.69, 9.17) is 18.0 Å². The summed E-state index contributed by atoms with van der Waals surface area (Å²) in [5, 5.41) is 3.19. The van der Waals surface area contributed by atoms with E-state index in [1.54, 1.807) is 7.11 Å². The van der Waals surface area contributed by atoms with Crippen LogP contribution in [0.25, 0.3) is 0 Å². The zero-order valence-electron chi connectivity index (χ0n) is 35.3. The second kappa shape index (κ2) is 19.5. The maximum absolute atomic E-state index is 12.1. The molecule has 6 nitrogen and oxygen atoms in total. The minimum absolute atomic E-state index is 0.0399. The fourth-order valence-corrected chi connectivity index (χ4v) is 9.67. The zero-order valence-corrected chi connectivity index (χ0v) is 38.3. The van der Waals surface area contributed by atoms with Gasteiger partial charge in [0, 0.05) is 19.4 Å². The molecule has 288 valence electrons. The molecule has 5 atom stereocenters. The third-order valence-electron chi connectivity index (χ3n) is 12.0. The van der Waals surface area contributed by atoms with Crippen LogP contribution in [0.3, 0.4) is 0 Å². The van der Waals surface area contributed by atoms with Crippen LogP contribution in [0.5, 0.6) is 0 Å². The van der Waals surface area contributed by atoms with Gasteiger partial charge in [-0.25, -0.2) is 0 Å². The number of amides is 1. The van der Waals surface area contributed by atoms with E-state index in [1.165, 1.54) is 19.3 Å². The van der Waals surface area contributed by atoms with Crippen LogP contribution in [-0.2, 0) is 22.8 Å². The zero-order chi connectivity index (χ0) is 37.9. The first-order chi connectivity index (χ1) is 22.3. The van der Waals surface area contributed by atoms with E-state index in [-0.39, 0.29) is 52.0 Å². The molecule has 49 heavy (non-hydrogen) atoms. The third-order valence-corrected chi connectivity index (χ3v) is 25.5. The fourth-order valence-electron chi connectivity index (χ4n) is 5.62. The largest absolute Gasteiger partial charge is 0.414 e. The fraction of sp³-hybridized carbons (Fsp3) is 0.875. The summed E-state index contributed by atoms with van der Waals surface area (Å²) in [5.41, 5.74) is 0. The maximum atomic E-state index is 12.1. The van der Waals surface area contributed by atoms with Gasteiger partial charge in [-0.1, -0.05) is 113 Å². The summed E-state index contributed by atoms with van der Waals surface area (Å²) in [5.74, 6) is 0.591. The van der Waals surface area contributed by atoms with Gasteiger partial charge in [-0.3, -0.25) is 4.79 Å². The SMILES string of the molecule is CCCCC[C@@H](/C=C/[C@@H]1[C@@H](C/C=C\CCCC(=O)NCOC)[C@@H](O[Si](C)(C)C(C)(C)C)C[C@H]1O[Si](C)(C)C(C)(C)C)O[Si](C)(C)C(C)(C)C. The summed E-state index contributed by atoms with van der Waals surface area (Å²) in [6.07, 6.45) is 18.6. The Bertz CT molecular complexity index is 1040. The molecule has 0 aliphatic heterocycles. The predicted octanol–water partition coefficient (Wildman–Crippen LogP) is 11.8. The van der Waals surface area contributed by atoms with Crippen molar-refractivity contribution in [3.05, 3.63) is 24.3 Å². The summed E-state index contributed by atoms with van der Waals surface area (Å²) in [4.78, 5) is 12.1. The number of rotatable bonds is 20. The second-order valence-corrected chi connectivity index (χ2v) is 33.5. The summed E-state index contributed by atoms with van der Waals surface area (Å²) in [6, 6.07) is 0. The van der Waals surface area contributed by atoms with Gasteiger partial charge in [0.05, 0.1) is 18.3 Å². The Labute approximate surface area is 307 Å². The average Bonchev–Trinajstić information content (AvgIpc) is 3.24. The molecule has 0 radical (unpaired) electrons. The molecule has 1 aliphatic carbocycles. The number of unbranched alkanes of at least 4 members (excludes halogenated alkanes) is 3. The molecule has 9 heteroatoms. The normalized spacial score (nSPS) is 22.4. The molecule has 1 rings (SSSR count). The van der Waals surface area contributed by atoms with Crippen molar-refractivity contribution < 1.29 is 22.8 Å². The lowest BCUT2D eigenvalue weighted by molar-refractivity contribution is -0.122. The molecule has 0 aromatic carbocycles. The van der Waals surface area contributed by atoms with E-state index in [0.717, 1.165) is 32.1 Å². The highest BCUT2D eigenvalue weighted by molar-refractivity contribution is 6.75. The molecule has 1 N–H and O–H groups in total. The van der Waals surface area contributed by atoms with Gasteiger partial charge in [0.15, 0.2) is 25.0 Å². The number of methoxy groups -OCH3 is 1. The highest BCUT2D eigenvalue weighted by Gasteiger charge is 2.50. The molecule has 0 heterocycles. The molecule has 1 fully saturated rings. The van der Waals surface area contributed by atoms with Crippen LogP contribution in [0.15, 0.2) is 24.3 Å². The number of allylic oxidation sites excluding steroid dienone is 2. The Balaban J connectivity index is 3.55. The van der Waals surface area contributed by atoms with Crippen molar-refractivity contribution in [3.63, 3.8) is 0 Å². The summed E-state index contributed by atoms with van der Waals surface area (Å²) in [6.45, 7) is 37.9. The summed E-state index contributed by atoms with van der Waals surface area (Å²) >= 11 is 0. The van der Waals surface area contributed by atoms with E-state index in [0.29, 0.717) is 12.3 Å². The van der Waals surface area contributed by atoms with Crippen LogP contribution >= 0.6 is 0 Å². The first-order valence-electron chi connectivity index (χ1n) is 19.4. The number of carbonyl (C=O) groups is 1. The van der Waals surface area contributed by atoms with Crippen LogP contribution in [0.4, 0.5) is 0 Å². The maximum Gasteiger partial charge on any atom is 0.221 e. The van der Waals surface area contributed by atoms with Crippen molar-refractivity contribution >= 4 is 30.9 Å². The smallest absolute Gasteiger partial charge is 0.221 e. The molecule has 1 aliphatic rings. The van der Waals surface area contributed by atoms with Crippen molar-refractivity contribution in [2.45, 2.75) is 200 Å². The highest BCUT2D eigenvalue weighted by atomic mass is 28.4. The molecule has 1 saturated carbocycles. The van der Waals surface area contributed by atoms with E-state index in [2.05, 4.69) is 138 Å². The number of carbonyl (C=O) groups excluding carboxylic acids is 1. The molecule has 1 amide bonds. The van der Waals surface area contributed by atoms with Gasteiger partial charge in [0.2, 0.25) is 5.91 Å². The lowest BCUT2D eigenvalue weighted by Gasteiger charge is -2.40. The van der Waals surface area contributed by atoms with Crippen LogP contribution in [-0.4, -0.2) is 63.0 Å². The van der Waals surface area contributed by atoms with Gasteiger partial charge in [0.1, 0.15) is 6.73 Å². The monoisotopic (exact) mass is 740 g/mol. The van der Waals surface area contributed by atoms with Crippen LogP contribution in [0, 0.1) is 11.8 Å². The predicted molar refractivity (Wildman–Crippen MR) is 219 cm³/mol. The summed E-state index contributed by atoms with van der Waals surface area (Å²) in [7, 11) is -4.45. The Kier molecular flexibility index (Phi) is 18.5. The molecule has 0 aromatic rings. The molecule has 0 spiro atoms. The summed E-state index contributed by atoms with van der Waals surface area (Å²) < 4.78 is 26.7. The van der Waals surface area contributed by atoms with Crippen molar-refractivity contribution in [1.82, 2.24) is 5.32 Å². The first-order valence-corrected chi connectivity index (χ1v) is 28.1. The van der Waals surface area contributed by atoms with Crippen molar-refractivity contribution in [2.24, 2.45) is 11.8 Å². The molecule has 0 unspecified atom stereocenters. The number of hydrogen-bond donors (Lipinski definition) is 1. The standard InChI is InChI=1S/C40H81NO5Si3/c1-18-19-22-25-32(44-47(12,13)38(2,3)4)28-29-34-33(26-23-20-21-24-27-37(42)41-31-43-11)35(45-48(14,15)39(5,6)7)30-36(34)46-49(16,17)40(8,9)10/h20,23,28-29,32-36H,18-19,21-22,24-27,30-31H2,1-17H3,(H,41,42)/b23-20-,29-28+/t32-,33+,34+,35-,36+/m0/s1. The van der Waals surface area contributed by atoms with Crippen molar-refractivity contribution in [3.8, 4) is 0 Å². The van der Waals surface area contributed by atoms with Gasteiger partial charge < -0.3 is 23.3 Å². The van der Waals surface area contributed by atoms with E-state index in [9.17, 15) is 4.79 Å². The van der Waals surface area contributed by atoms with Gasteiger partial charge in [-0.15, -0.1) is 0 Å². The van der Waals surface area contributed by atoms with Gasteiger partial charge in [-0.05, 0) is 92.4 Å². The Morgan fingerprint density at radius 2 is 1.35 bits per heavy atom. The number of ether oxygens (including phenoxy) is 1. The second-order valence-electron chi connectivity index (χ2n) is 19.2. The minimum atomic E-state index is -2.05. The molecule has 0 aromatic heterocycles. The molecular weight excluding hydrogens is 659 g/mol. The van der Waals surface area contributed by atoms with Crippen LogP contribution in [0.2, 0.25) is 54.4 Å². The number of hydrogen-bond acceptors (Lipinski definition) is 5. The lowest BCUT2D eigenvalue weighted by atomic mass is 9.89. The van der Waals surface area contributed by atoms with Gasteiger partial charge >= 0.3 is 0 Å². The Morgan fingerprint density at radius 1 is 0.796 bits per heavy atom. The van der Waals surface area contributed by atoms with E-state index in [1.807, 2.05) is 0 Å². The third kappa shape index (κ3) is 15.1. The van der Waals surface area contributed by atoms with Crippen molar-refractivity contribution in [2.75, 3.05) is 13.8 Å². The van der Waals surface area contributed by atoms with E-state index < -0.39 is 25.0 Å². The Morgan fingerprint density at radius 3 is 1.86 bits per heavy atom. The average molecular weight is 740 g/mol. The van der Waals surface area contributed by atoms with Gasteiger partial charge in [-0.2, -0.15) is 0 Å².